The minimum atomic E-state index is 0.385. The summed E-state index contributed by atoms with van der Waals surface area (Å²) in [5.41, 5.74) is 1.49. The van der Waals surface area contributed by atoms with Crippen LogP contribution in [0.5, 0.6) is 5.75 Å². The molecule has 0 saturated heterocycles. The summed E-state index contributed by atoms with van der Waals surface area (Å²) in [4.78, 5) is 0. The molecule has 0 aliphatic rings. The fraction of sp³-hybridized carbons (Fsp3) is 0.0556. The molecule has 3 aromatic rings. The molecule has 0 aromatic heterocycles. The van der Waals surface area contributed by atoms with E-state index < -0.39 is 0 Å². The summed E-state index contributed by atoms with van der Waals surface area (Å²) in [7, 11) is 0. The highest BCUT2D eigenvalue weighted by Crippen LogP contribution is 2.33. The van der Waals surface area contributed by atoms with Crippen molar-refractivity contribution in [3.8, 4) is 11.8 Å². The van der Waals surface area contributed by atoms with Gasteiger partial charge in [0.05, 0.1) is 10.0 Å². The molecule has 4 heteroatoms. The molecule has 0 unspecified atom stereocenters. The molecule has 0 saturated carbocycles. The van der Waals surface area contributed by atoms with E-state index >= 15 is 0 Å². The predicted molar refractivity (Wildman–Crippen MR) is 92.1 cm³/mol. The summed E-state index contributed by atoms with van der Waals surface area (Å²) in [6.45, 7) is 0.385. The molecule has 0 spiro atoms. The Morgan fingerprint density at radius 1 is 1.09 bits per heavy atom. The molecule has 0 N–H and O–H groups in total. The second-order valence-corrected chi connectivity index (χ2v) is 6.09. The monoisotopic (exact) mass is 371 g/mol. The third-order valence-electron chi connectivity index (χ3n) is 3.38. The maximum absolute atomic E-state index is 9.23. The summed E-state index contributed by atoms with van der Waals surface area (Å²) < 4.78 is 6.56. The number of rotatable bonds is 3. The Bertz CT molecular complexity index is 881. The van der Waals surface area contributed by atoms with Crippen LogP contribution in [0.1, 0.15) is 11.1 Å². The Hall–Kier alpha value is -2.02. The SMILES string of the molecule is N#Cc1cc(Cl)cc(Br)c1OCc1cccc2ccccc12. The van der Waals surface area contributed by atoms with Crippen LogP contribution in [0.25, 0.3) is 10.8 Å². The van der Waals surface area contributed by atoms with Crippen LogP contribution < -0.4 is 4.74 Å². The third kappa shape index (κ3) is 2.94. The summed E-state index contributed by atoms with van der Waals surface area (Å²) in [5.74, 6) is 0.514. The number of hydrogen-bond donors (Lipinski definition) is 0. The number of halogens is 2. The van der Waals surface area contributed by atoms with E-state index in [9.17, 15) is 5.26 Å². The van der Waals surface area contributed by atoms with Crippen molar-refractivity contribution in [2.75, 3.05) is 0 Å². The molecule has 0 fully saturated rings. The van der Waals surface area contributed by atoms with Crippen LogP contribution in [0, 0.1) is 11.3 Å². The second-order valence-electron chi connectivity index (χ2n) is 4.80. The molecule has 2 nitrogen and oxygen atoms in total. The smallest absolute Gasteiger partial charge is 0.151 e. The fourth-order valence-electron chi connectivity index (χ4n) is 2.36. The number of benzene rings is 3. The van der Waals surface area contributed by atoms with Gasteiger partial charge in [-0.2, -0.15) is 5.26 Å². The molecule has 3 rings (SSSR count). The molecule has 0 heterocycles. The minimum Gasteiger partial charge on any atom is -0.486 e. The molecular weight excluding hydrogens is 362 g/mol. The zero-order valence-electron chi connectivity index (χ0n) is 11.5. The van der Waals surface area contributed by atoms with Gasteiger partial charge in [0.1, 0.15) is 12.7 Å². The van der Waals surface area contributed by atoms with Crippen LogP contribution in [0.15, 0.2) is 59.1 Å². The molecule has 0 aliphatic carbocycles. The van der Waals surface area contributed by atoms with E-state index in [4.69, 9.17) is 16.3 Å². The van der Waals surface area contributed by atoms with Gasteiger partial charge in [0, 0.05) is 5.02 Å². The molecule has 22 heavy (non-hydrogen) atoms. The fourth-order valence-corrected chi connectivity index (χ4v) is 3.28. The van der Waals surface area contributed by atoms with E-state index in [0.717, 1.165) is 10.9 Å². The van der Waals surface area contributed by atoms with Gasteiger partial charge >= 0.3 is 0 Å². The molecule has 3 aromatic carbocycles. The molecule has 108 valence electrons. The van der Waals surface area contributed by atoms with Gasteiger partial charge in [0.25, 0.3) is 0 Å². The van der Waals surface area contributed by atoms with Crippen molar-refractivity contribution in [3.05, 3.63) is 75.2 Å². The summed E-state index contributed by atoms with van der Waals surface area (Å²) in [5, 5.41) is 12.0. The van der Waals surface area contributed by atoms with E-state index in [1.54, 1.807) is 12.1 Å². The normalized spacial score (nSPS) is 10.4. The Morgan fingerprint density at radius 3 is 2.68 bits per heavy atom. The predicted octanol–water partition coefficient (Wildman–Crippen LogP) is 5.71. The van der Waals surface area contributed by atoms with Gasteiger partial charge in [0.15, 0.2) is 5.75 Å². The van der Waals surface area contributed by atoms with Gasteiger partial charge < -0.3 is 4.74 Å². The van der Waals surface area contributed by atoms with Crippen molar-refractivity contribution in [3.63, 3.8) is 0 Å². The summed E-state index contributed by atoms with van der Waals surface area (Å²) >= 11 is 9.36. The van der Waals surface area contributed by atoms with Crippen LogP contribution in [0.3, 0.4) is 0 Å². The van der Waals surface area contributed by atoms with Crippen molar-refractivity contribution in [2.45, 2.75) is 6.61 Å². The first-order valence-corrected chi connectivity index (χ1v) is 7.84. The van der Waals surface area contributed by atoms with Crippen LogP contribution in [-0.4, -0.2) is 0 Å². The lowest BCUT2D eigenvalue weighted by Crippen LogP contribution is -1.99. The van der Waals surface area contributed by atoms with Gasteiger partial charge in [-0.3, -0.25) is 0 Å². The van der Waals surface area contributed by atoms with Crippen LogP contribution in [-0.2, 0) is 6.61 Å². The Balaban J connectivity index is 1.94. The first kappa shape index (κ1) is 14.9. The lowest BCUT2D eigenvalue weighted by atomic mass is 10.1. The highest BCUT2D eigenvalue weighted by Gasteiger charge is 2.11. The molecule has 0 radical (unpaired) electrons. The summed E-state index contributed by atoms with van der Waals surface area (Å²) in [6, 6.07) is 19.7. The zero-order valence-corrected chi connectivity index (χ0v) is 13.9. The number of nitriles is 1. The van der Waals surface area contributed by atoms with E-state index in [0.29, 0.717) is 27.4 Å². The highest BCUT2D eigenvalue weighted by atomic mass is 79.9. The zero-order chi connectivity index (χ0) is 15.5. The highest BCUT2D eigenvalue weighted by molar-refractivity contribution is 9.10. The Labute approximate surface area is 142 Å². The first-order valence-electron chi connectivity index (χ1n) is 6.67. The Morgan fingerprint density at radius 2 is 1.86 bits per heavy atom. The molecule has 0 bridgehead atoms. The van der Waals surface area contributed by atoms with Crippen molar-refractivity contribution in [1.29, 1.82) is 5.26 Å². The maximum atomic E-state index is 9.23. The minimum absolute atomic E-state index is 0.385. The number of nitrogens with zero attached hydrogens (tertiary/aromatic N) is 1. The van der Waals surface area contributed by atoms with Crippen molar-refractivity contribution < 1.29 is 4.74 Å². The van der Waals surface area contributed by atoms with Crippen molar-refractivity contribution in [1.82, 2.24) is 0 Å². The topological polar surface area (TPSA) is 33.0 Å². The van der Waals surface area contributed by atoms with Crippen LogP contribution in [0.4, 0.5) is 0 Å². The van der Waals surface area contributed by atoms with E-state index in [1.165, 1.54) is 5.39 Å². The number of ether oxygens (including phenoxy) is 1. The lowest BCUT2D eigenvalue weighted by molar-refractivity contribution is 0.305. The standard InChI is InChI=1S/C18H11BrClNO/c19-17-9-15(20)8-14(10-21)18(17)22-11-13-6-3-5-12-4-1-2-7-16(12)13/h1-9H,11H2. The quantitative estimate of drug-likeness (QED) is 0.590. The second kappa shape index (κ2) is 6.39. The maximum Gasteiger partial charge on any atom is 0.151 e. The molecule has 0 amide bonds. The molecule has 0 atom stereocenters. The van der Waals surface area contributed by atoms with E-state index in [1.807, 2.05) is 24.3 Å². The van der Waals surface area contributed by atoms with Gasteiger partial charge in [0.2, 0.25) is 0 Å². The van der Waals surface area contributed by atoms with Gasteiger partial charge in [-0.15, -0.1) is 0 Å². The van der Waals surface area contributed by atoms with E-state index in [-0.39, 0.29) is 0 Å². The molecular formula is C18H11BrClNO. The van der Waals surface area contributed by atoms with E-state index in [2.05, 4.69) is 40.2 Å². The van der Waals surface area contributed by atoms with Gasteiger partial charge in [-0.25, -0.2) is 0 Å². The third-order valence-corrected chi connectivity index (χ3v) is 4.19. The van der Waals surface area contributed by atoms with Gasteiger partial charge in [-0.1, -0.05) is 54.1 Å². The number of hydrogen-bond acceptors (Lipinski definition) is 2. The Kier molecular flexibility index (Phi) is 4.33. The lowest BCUT2D eigenvalue weighted by Gasteiger charge is -2.12. The molecule has 0 aliphatic heterocycles. The largest absolute Gasteiger partial charge is 0.486 e. The van der Waals surface area contributed by atoms with Gasteiger partial charge in [-0.05, 0) is 44.4 Å². The average Bonchev–Trinajstić information content (AvgIpc) is 2.53. The van der Waals surface area contributed by atoms with Crippen LogP contribution >= 0.6 is 27.5 Å². The van der Waals surface area contributed by atoms with Crippen molar-refractivity contribution >= 4 is 38.3 Å². The first-order chi connectivity index (χ1) is 10.7. The average molecular weight is 373 g/mol. The van der Waals surface area contributed by atoms with Crippen molar-refractivity contribution in [2.24, 2.45) is 0 Å². The van der Waals surface area contributed by atoms with Crippen LogP contribution in [0.2, 0.25) is 5.02 Å². The number of fused-ring (bicyclic) bond motifs is 1. The summed E-state index contributed by atoms with van der Waals surface area (Å²) in [6.07, 6.45) is 0.